The molecule has 1 aromatic carbocycles. The molecule has 1 atom stereocenters. The molecule has 2 rings (SSSR count). The average molecular weight is 299 g/mol. The third kappa shape index (κ3) is 2.91. The molecular weight excluding hydrogens is 278 g/mol. The molecule has 0 bridgehead atoms. The minimum Gasteiger partial charge on any atom is -0.493 e. The van der Waals surface area contributed by atoms with E-state index in [0.29, 0.717) is 30.5 Å². The standard InChI is InChI=1S/C14H21NO4S/c1-11-5-4-8-15(10-11)20(16,17)12-6-7-13(18-2)14(9-12)19-3/h6-7,9,11H,4-5,8,10H2,1-3H3/t11-/m0/s1. The molecule has 20 heavy (non-hydrogen) atoms. The lowest BCUT2D eigenvalue weighted by molar-refractivity contribution is 0.281. The first-order valence-electron chi connectivity index (χ1n) is 6.71. The number of ether oxygens (including phenoxy) is 2. The summed E-state index contributed by atoms with van der Waals surface area (Å²) < 4.78 is 37.1. The quantitative estimate of drug-likeness (QED) is 0.854. The smallest absolute Gasteiger partial charge is 0.243 e. The molecule has 1 fully saturated rings. The molecule has 0 saturated carbocycles. The SMILES string of the molecule is COc1ccc(S(=O)(=O)N2CCC[C@H](C)C2)cc1OC. The van der Waals surface area contributed by atoms with E-state index in [9.17, 15) is 8.42 Å². The molecule has 1 aliphatic rings. The van der Waals surface area contributed by atoms with Gasteiger partial charge in [-0.25, -0.2) is 8.42 Å². The maximum Gasteiger partial charge on any atom is 0.243 e. The predicted molar refractivity (Wildman–Crippen MR) is 76.7 cm³/mol. The maximum atomic E-state index is 12.6. The van der Waals surface area contributed by atoms with E-state index in [4.69, 9.17) is 9.47 Å². The summed E-state index contributed by atoms with van der Waals surface area (Å²) in [4.78, 5) is 0.254. The van der Waals surface area contributed by atoms with Crippen LogP contribution in [0.5, 0.6) is 11.5 Å². The van der Waals surface area contributed by atoms with Crippen LogP contribution in [0.2, 0.25) is 0 Å². The first-order chi connectivity index (χ1) is 9.48. The van der Waals surface area contributed by atoms with Crippen molar-refractivity contribution in [1.29, 1.82) is 0 Å². The lowest BCUT2D eigenvalue weighted by Crippen LogP contribution is -2.39. The van der Waals surface area contributed by atoms with Crippen LogP contribution in [0.3, 0.4) is 0 Å². The van der Waals surface area contributed by atoms with Gasteiger partial charge in [-0.05, 0) is 30.9 Å². The minimum atomic E-state index is -3.45. The van der Waals surface area contributed by atoms with Gasteiger partial charge in [0.1, 0.15) is 0 Å². The summed E-state index contributed by atoms with van der Waals surface area (Å²) in [5.41, 5.74) is 0. The van der Waals surface area contributed by atoms with Crippen LogP contribution in [-0.4, -0.2) is 40.0 Å². The highest BCUT2D eigenvalue weighted by molar-refractivity contribution is 7.89. The summed E-state index contributed by atoms with van der Waals surface area (Å²) in [5, 5.41) is 0. The molecule has 6 heteroatoms. The van der Waals surface area contributed by atoms with E-state index in [1.54, 1.807) is 16.4 Å². The van der Waals surface area contributed by atoms with Gasteiger partial charge in [-0.1, -0.05) is 6.92 Å². The Kier molecular flexibility index (Phi) is 4.55. The molecule has 0 aliphatic carbocycles. The largest absolute Gasteiger partial charge is 0.493 e. The van der Waals surface area contributed by atoms with Crippen molar-refractivity contribution >= 4 is 10.0 Å². The molecule has 0 spiro atoms. The normalized spacial score (nSPS) is 20.6. The van der Waals surface area contributed by atoms with Crippen molar-refractivity contribution in [2.75, 3.05) is 27.3 Å². The molecule has 1 aliphatic heterocycles. The van der Waals surface area contributed by atoms with Crippen LogP contribution in [0, 0.1) is 5.92 Å². The first kappa shape index (κ1) is 15.1. The van der Waals surface area contributed by atoms with Crippen molar-refractivity contribution in [1.82, 2.24) is 4.31 Å². The van der Waals surface area contributed by atoms with Gasteiger partial charge in [0.2, 0.25) is 10.0 Å². The first-order valence-corrected chi connectivity index (χ1v) is 8.15. The van der Waals surface area contributed by atoms with E-state index in [1.807, 2.05) is 0 Å². The molecule has 112 valence electrons. The molecule has 0 amide bonds. The van der Waals surface area contributed by atoms with Gasteiger partial charge in [-0.3, -0.25) is 0 Å². The van der Waals surface area contributed by atoms with Crippen LogP contribution in [0.25, 0.3) is 0 Å². The third-order valence-electron chi connectivity index (χ3n) is 3.61. The van der Waals surface area contributed by atoms with Crippen LogP contribution in [0.15, 0.2) is 23.1 Å². The van der Waals surface area contributed by atoms with E-state index in [0.717, 1.165) is 12.8 Å². The Morgan fingerprint density at radius 1 is 1.20 bits per heavy atom. The average Bonchev–Trinajstić information content (AvgIpc) is 2.46. The van der Waals surface area contributed by atoms with Crippen molar-refractivity contribution in [2.24, 2.45) is 5.92 Å². The minimum absolute atomic E-state index is 0.254. The van der Waals surface area contributed by atoms with Gasteiger partial charge < -0.3 is 9.47 Å². The fraction of sp³-hybridized carbons (Fsp3) is 0.571. The van der Waals surface area contributed by atoms with Crippen LogP contribution >= 0.6 is 0 Å². The Morgan fingerprint density at radius 3 is 2.50 bits per heavy atom. The zero-order valence-electron chi connectivity index (χ0n) is 12.1. The summed E-state index contributed by atoms with van der Waals surface area (Å²) in [6.45, 7) is 3.24. The van der Waals surface area contributed by atoms with Gasteiger partial charge in [0.25, 0.3) is 0 Å². The summed E-state index contributed by atoms with van der Waals surface area (Å²) in [6.07, 6.45) is 1.99. The van der Waals surface area contributed by atoms with Gasteiger partial charge in [-0.15, -0.1) is 0 Å². The Hall–Kier alpha value is -1.27. The maximum absolute atomic E-state index is 12.6. The van der Waals surface area contributed by atoms with E-state index >= 15 is 0 Å². The molecule has 0 N–H and O–H groups in total. The Balaban J connectivity index is 2.34. The second-order valence-electron chi connectivity index (χ2n) is 5.13. The van der Waals surface area contributed by atoms with Gasteiger partial charge in [-0.2, -0.15) is 4.31 Å². The molecule has 0 unspecified atom stereocenters. The predicted octanol–water partition coefficient (Wildman–Crippen LogP) is 2.12. The van der Waals surface area contributed by atoms with Gasteiger partial charge in [0, 0.05) is 19.2 Å². The van der Waals surface area contributed by atoms with E-state index in [1.165, 1.54) is 20.3 Å². The van der Waals surface area contributed by atoms with Crippen molar-refractivity contribution < 1.29 is 17.9 Å². The molecule has 1 saturated heterocycles. The number of hydrogen-bond acceptors (Lipinski definition) is 4. The Bertz CT molecular complexity index is 571. The Labute approximate surface area is 120 Å². The Morgan fingerprint density at radius 2 is 1.90 bits per heavy atom. The van der Waals surface area contributed by atoms with E-state index < -0.39 is 10.0 Å². The number of nitrogens with zero attached hydrogens (tertiary/aromatic N) is 1. The molecule has 0 radical (unpaired) electrons. The van der Waals surface area contributed by atoms with Gasteiger partial charge in [0.15, 0.2) is 11.5 Å². The topological polar surface area (TPSA) is 55.8 Å². The van der Waals surface area contributed by atoms with Crippen molar-refractivity contribution in [3.63, 3.8) is 0 Å². The van der Waals surface area contributed by atoms with Gasteiger partial charge in [0.05, 0.1) is 19.1 Å². The fourth-order valence-electron chi connectivity index (χ4n) is 2.49. The van der Waals surface area contributed by atoms with Crippen LogP contribution in [0.4, 0.5) is 0 Å². The lowest BCUT2D eigenvalue weighted by Gasteiger charge is -2.30. The number of methoxy groups -OCH3 is 2. The van der Waals surface area contributed by atoms with Crippen LogP contribution < -0.4 is 9.47 Å². The number of rotatable bonds is 4. The number of benzene rings is 1. The van der Waals surface area contributed by atoms with E-state index in [-0.39, 0.29) is 4.90 Å². The highest BCUT2D eigenvalue weighted by atomic mass is 32.2. The van der Waals surface area contributed by atoms with Crippen LogP contribution in [-0.2, 0) is 10.0 Å². The van der Waals surface area contributed by atoms with Crippen molar-refractivity contribution in [2.45, 2.75) is 24.7 Å². The molecule has 1 aromatic rings. The van der Waals surface area contributed by atoms with Crippen LogP contribution in [0.1, 0.15) is 19.8 Å². The molecule has 1 heterocycles. The summed E-state index contributed by atoms with van der Waals surface area (Å²) in [7, 11) is -0.431. The zero-order valence-corrected chi connectivity index (χ0v) is 12.9. The molecular formula is C14H21NO4S. The summed E-state index contributed by atoms with van der Waals surface area (Å²) in [6, 6.07) is 4.71. The van der Waals surface area contributed by atoms with Gasteiger partial charge >= 0.3 is 0 Å². The van der Waals surface area contributed by atoms with Crippen molar-refractivity contribution in [3.8, 4) is 11.5 Å². The second kappa shape index (κ2) is 6.01. The lowest BCUT2D eigenvalue weighted by atomic mass is 10.0. The molecule has 0 aromatic heterocycles. The summed E-state index contributed by atoms with van der Waals surface area (Å²) >= 11 is 0. The number of hydrogen-bond donors (Lipinski definition) is 0. The zero-order chi connectivity index (χ0) is 14.8. The highest BCUT2D eigenvalue weighted by Gasteiger charge is 2.29. The van der Waals surface area contributed by atoms with Crippen molar-refractivity contribution in [3.05, 3.63) is 18.2 Å². The molecule has 5 nitrogen and oxygen atoms in total. The second-order valence-corrected chi connectivity index (χ2v) is 7.07. The monoisotopic (exact) mass is 299 g/mol. The van der Waals surface area contributed by atoms with E-state index in [2.05, 4.69) is 6.92 Å². The third-order valence-corrected chi connectivity index (χ3v) is 5.47. The highest BCUT2D eigenvalue weighted by Crippen LogP contribution is 2.31. The number of sulfonamides is 1. The summed E-state index contributed by atoms with van der Waals surface area (Å²) in [5.74, 6) is 1.36. The fourth-order valence-corrected chi connectivity index (χ4v) is 4.10. The number of piperidine rings is 1.